The molecule has 0 heterocycles. The van der Waals surface area contributed by atoms with E-state index in [0.717, 1.165) is 18.4 Å². The van der Waals surface area contributed by atoms with E-state index < -0.39 is 33.4 Å². The Morgan fingerprint density at radius 2 is 1.61 bits per heavy atom. The number of guanidine groups is 1. The molecule has 0 aliphatic heterocycles. The second kappa shape index (κ2) is 10.0. The number of alkyl halides is 3. The quantitative estimate of drug-likeness (QED) is 0.366. The second-order valence-electron chi connectivity index (χ2n) is 8.10. The van der Waals surface area contributed by atoms with Crippen molar-refractivity contribution in [1.29, 1.82) is 0 Å². The van der Waals surface area contributed by atoms with Crippen molar-refractivity contribution in [3.05, 3.63) is 77.4 Å². The van der Waals surface area contributed by atoms with Gasteiger partial charge in [-0.15, -0.1) is 0 Å². The van der Waals surface area contributed by atoms with E-state index in [1.165, 1.54) is 18.2 Å². The van der Waals surface area contributed by atoms with Crippen LogP contribution in [0.25, 0.3) is 11.1 Å². The zero-order valence-electron chi connectivity index (χ0n) is 19.8. The number of carbonyl (C=O) groups excluding carboxylic acids is 1. The summed E-state index contributed by atoms with van der Waals surface area (Å²) in [4.78, 5) is 17.6. The minimum Gasteiger partial charge on any atom is -0.370 e. The molecule has 0 spiro atoms. The van der Waals surface area contributed by atoms with Crippen LogP contribution < -0.4 is 16.4 Å². The number of nitrogens with two attached hydrogens (primary N) is 2. The Morgan fingerprint density at radius 1 is 1.00 bits per heavy atom. The summed E-state index contributed by atoms with van der Waals surface area (Å²) in [5.74, 6) is -1.22. The molecular weight excluding hydrogens is 493 g/mol. The topological polar surface area (TPSA) is 119 Å². The van der Waals surface area contributed by atoms with Crippen molar-refractivity contribution in [2.24, 2.45) is 16.5 Å². The Labute approximate surface area is 207 Å². The molecule has 0 radical (unpaired) electrons. The van der Waals surface area contributed by atoms with Gasteiger partial charge in [0.05, 0.1) is 16.1 Å². The van der Waals surface area contributed by atoms with Crippen LogP contribution in [0.2, 0.25) is 0 Å². The molecular formula is C25H25F3N4O3S. The number of hydrogen-bond donors (Lipinski definition) is 2. The van der Waals surface area contributed by atoms with Gasteiger partial charge >= 0.3 is 6.18 Å². The molecule has 3 aromatic rings. The van der Waals surface area contributed by atoms with E-state index >= 15 is 0 Å². The number of aryl methyl sites for hydroxylation is 1. The maximum Gasteiger partial charge on any atom is 0.416 e. The summed E-state index contributed by atoms with van der Waals surface area (Å²) < 4.78 is 64.6. The van der Waals surface area contributed by atoms with E-state index in [1.54, 1.807) is 49.2 Å². The summed E-state index contributed by atoms with van der Waals surface area (Å²) in [6.45, 7) is 1.79. The summed E-state index contributed by atoms with van der Waals surface area (Å²) in [6.07, 6.45) is -3.07. The van der Waals surface area contributed by atoms with E-state index in [0.29, 0.717) is 28.8 Å². The second-order valence-corrected chi connectivity index (χ2v) is 10.1. The number of nitrogens with zero attached hydrogens (tertiary/aromatic N) is 2. The van der Waals surface area contributed by atoms with Crippen molar-refractivity contribution in [2.75, 3.05) is 18.2 Å². The number of benzene rings is 3. The standard InChI is InChI=1S/C25H25F3N4O3S/c1-4-15-13-21(22(36(3,34)35)14-19(15)23(33)31-24(29)30)32(2)20-8-6-5-7-18(20)16-9-11-17(12-10-16)25(26,27)28/h5-14H,4H2,1-3H3,(H4,29,30,31,33). The maximum absolute atomic E-state index is 13.0. The zero-order valence-corrected chi connectivity index (χ0v) is 20.6. The number of sulfone groups is 1. The third-order valence-electron chi connectivity index (χ3n) is 5.58. The van der Waals surface area contributed by atoms with Gasteiger partial charge in [-0.3, -0.25) is 4.79 Å². The highest BCUT2D eigenvalue weighted by Crippen LogP contribution is 2.39. The molecule has 0 aromatic heterocycles. The molecule has 0 atom stereocenters. The van der Waals surface area contributed by atoms with Crippen LogP contribution in [0.5, 0.6) is 0 Å². The largest absolute Gasteiger partial charge is 0.416 e. The van der Waals surface area contributed by atoms with Crippen molar-refractivity contribution >= 4 is 33.1 Å². The van der Waals surface area contributed by atoms with Gasteiger partial charge < -0.3 is 16.4 Å². The summed E-state index contributed by atoms with van der Waals surface area (Å²) in [5.41, 5.74) is 12.4. The number of carbonyl (C=O) groups is 1. The van der Waals surface area contributed by atoms with Crippen molar-refractivity contribution < 1.29 is 26.4 Å². The Morgan fingerprint density at radius 3 is 2.14 bits per heavy atom. The molecule has 36 heavy (non-hydrogen) atoms. The van der Waals surface area contributed by atoms with Crippen LogP contribution in [-0.4, -0.2) is 33.6 Å². The van der Waals surface area contributed by atoms with Crippen LogP contribution >= 0.6 is 0 Å². The van der Waals surface area contributed by atoms with Crippen LogP contribution in [0.1, 0.15) is 28.4 Å². The molecule has 0 unspecified atom stereocenters. The molecule has 11 heteroatoms. The lowest BCUT2D eigenvalue weighted by Crippen LogP contribution is -2.24. The highest BCUT2D eigenvalue weighted by Gasteiger charge is 2.30. The van der Waals surface area contributed by atoms with Gasteiger partial charge in [-0.25, -0.2) is 8.42 Å². The SMILES string of the molecule is CCc1cc(N(C)c2ccccc2-c2ccc(C(F)(F)F)cc2)c(S(C)(=O)=O)cc1C(=O)N=C(N)N. The van der Waals surface area contributed by atoms with Crippen LogP contribution in [0.4, 0.5) is 24.5 Å². The smallest absolute Gasteiger partial charge is 0.370 e. The first-order valence-corrected chi connectivity index (χ1v) is 12.6. The lowest BCUT2D eigenvalue weighted by molar-refractivity contribution is -0.137. The zero-order chi connectivity index (χ0) is 26.8. The molecule has 7 nitrogen and oxygen atoms in total. The highest BCUT2D eigenvalue weighted by atomic mass is 32.2. The fourth-order valence-corrected chi connectivity index (χ4v) is 4.73. The molecule has 190 valence electrons. The van der Waals surface area contributed by atoms with Gasteiger partial charge in [-0.1, -0.05) is 37.3 Å². The molecule has 0 fully saturated rings. The molecule has 0 saturated heterocycles. The van der Waals surface area contributed by atoms with Gasteiger partial charge in [0.1, 0.15) is 0 Å². The molecule has 3 rings (SSSR count). The molecule has 0 aliphatic rings. The first kappa shape index (κ1) is 26.7. The lowest BCUT2D eigenvalue weighted by Gasteiger charge is -2.26. The molecule has 0 aliphatic carbocycles. The Hall–Kier alpha value is -3.86. The third-order valence-corrected chi connectivity index (χ3v) is 6.70. The fraction of sp³-hybridized carbons (Fsp3) is 0.200. The summed E-state index contributed by atoms with van der Waals surface area (Å²) >= 11 is 0. The Balaban J connectivity index is 2.20. The Kier molecular flexibility index (Phi) is 7.44. The van der Waals surface area contributed by atoms with E-state index in [-0.39, 0.29) is 16.1 Å². The summed E-state index contributed by atoms with van der Waals surface area (Å²) in [6, 6.07) is 14.5. The van der Waals surface area contributed by atoms with E-state index in [1.807, 2.05) is 0 Å². The first-order valence-electron chi connectivity index (χ1n) is 10.7. The lowest BCUT2D eigenvalue weighted by atomic mass is 10.00. The summed E-state index contributed by atoms with van der Waals surface area (Å²) in [5, 5.41) is 0. The van der Waals surface area contributed by atoms with Gasteiger partial charge in [-0.2, -0.15) is 18.2 Å². The molecule has 0 saturated carbocycles. The van der Waals surface area contributed by atoms with Gasteiger partial charge in [0.25, 0.3) is 5.91 Å². The van der Waals surface area contributed by atoms with Crippen molar-refractivity contribution in [3.63, 3.8) is 0 Å². The maximum atomic E-state index is 13.0. The number of aliphatic imine (C=N–C) groups is 1. The summed E-state index contributed by atoms with van der Waals surface area (Å²) in [7, 11) is -2.18. The van der Waals surface area contributed by atoms with Crippen molar-refractivity contribution in [2.45, 2.75) is 24.4 Å². The molecule has 1 amide bonds. The van der Waals surface area contributed by atoms with Gasteiger partial charge in [0, 0.05) is 30.1 Å². The number of anilines is 2. The monoisotopic (exact) mass is 518 g/mol. The predicted molar refractivity (Wildman–Crippen MR) is 134 cm³/mol. The normalized spacial score (nSPS) is 11.7. The fourth-order valence-electron chi connectivity index (χ4n) is 3.82. The number of hydrogen-bond acceptors (Lipinski definition) is 4. The van der Waals surface area contributed by atoms with Crippen LogP contribution in [0.3, 0.4) is 0 Å². The van der Waals surface area contributed by atoms with E-state index in [4.69, 9.17) is 11.5 Å². The average molecular weight is 519 g/mol. The third kappa shape index (κ3) is 5.68. The van der Waals surface area contributed by atoms with Crippen LogP contribution in [0, 0.1) is 0 Å². The minimum atomic E-state index is -4.46. The number of rotatable bonds is 6. The van der Waals surface area contributed by atoms with Crippen molar-refractivity contribution in [1.82, 2.24) is 0 Å². The number of para-hydroxylation sites is 1. The van der Waals surface area contributed by atoms with E-state index in [9.17, 15) is 26.4 Å². The van der Waals surface area contributed by atoms with Crippen LogP contribution in [0.15, 0.2) is 70.6 Å². The first-order chi connectivity index (χ1) is 16.7. The van der Waals surface area contributed by atoms with E-state index in [2.05, 4.69) is 4.99 Å². The highest BCUT2D eigenvalue weighted by molar-refractivity contribution is 7.90. The minimum absolute atomic E-state index is 0.0551. The predicted octanol–water partition coefficient (Wildman–Crippen LogP) is 4.52. The average Bonchev–Trinajstić information content (AvgIpc) is 2.81. The van der Waals surface area contributed by atoms with Gasteiger partial charge in [-0.05, 0) is 47.9 Å². The van der Waals surface area contributed by atoms with Gasteiger partial charge in [0.2, 0.25) is 0 Å². The number of halogens is 3. The molecule has 3 aromatic carbocycles. The van der Waals surface area contributed by atoms with Crippen LogP contribution in [-0.2, 0) is 22.4 Å². The van der Waals surface area contributed by atoms with Crippen molar-refractivity contribution in [3.8, 4) is 11.1 Å². The Bertz CT molecular complexity index is 1430. The molecule has 4 N–H and O–H groups in total. The molecule has 0 bridgehead atoms. The number of amides is 1. The van der Waals surface area contributed by atoms with Gasteiger partial charge in [0.15, 0.2) is 15.8 Å².